The van der Waals surface area contributed by atoms with Gasteiger partial charge in [0.1, 0.15) is 6.29 Å². The van der Waals surface area contributed by atoms with Crippen molar-refractivity contribution in [3.05, 3.63) is 60.3 Å². The molecule has 0 aliphatic rings. The number of nitrogens with one attached hydrogen (secondary N) is 1. The molecule has 1 heterocycles. The average molecular weight is 221 g/mol. The molecule has 17 heavy (non-hydrogen) atoms. The second kappa shape index (κ2) is 3.91. The van der Waals surface area contributed by atoms with Gasteiger partial charge in [0.25, 0.3) is 0 Å². The largest absolute Gasteiger partial charge is 0.361 e. The minimum Gasteiger partial charge on any atom is -0.361 e. The number of rotatable bonds is 2. The number of fused-ring (bicyclic) bond motifs is 1. The van der Waals surface area contributed by atoms with Crippen molar-refractivity contribution in [2.45, 2.75) is 0 Å². The lowest BCUT2D eigenvalue weighted by molar-refractivity contribution is 0.112. The fraction of sp³-hybridized carbons (Fsp3) is 0. The Morgan fingerprint density at radius 2 is 1.76 bits per heavy atom. The van der Waals surface area contributed by atoms with E-state index in [-0.39, 0.29) is 0 Å². The van der Waals surface area contributed by atoms with Crippen LogP contribution in [-0.2, 0) is 0 Å². The van der Waals surface area contributed by atoms with E-state index in [9.17, 15) is 4.79 Å². The number of carbonyl (C=O) groups excluding carboxylic acids is 1. The SMILES string of the molecule is O=Cc1ccc(-c2cccc3[nH]ccc23)cc1. The minimum absolute atomic E-state index is 0.704. The quantitative estimate of drug-likeness (QED) is 0.658. The predicted molar refractivity (Wildman–Crippen MR) is 69.1 cm³/mol. The second-order valence-corrected chi connectivity index (χ2v) is 3.98. The van der Waals surface area contributed by atoms with Crippen molar-refractivity contribution in [2.24, 2.45) is 0 Å². The van der Waals surface area contributed by atoms with Crippen LogP contribution in [-0.4, -0.2) is 11.3 Å². The molecule has 2 nitrogen and oxygen atoms in total. The molecule has 0 bridgehead atoms. The average Bonchev–Trinajstić information content (AvgIpc) is 2.87. The van der Waals surface area contributed by atoms with Crippen LogP contribution in [0, 0.1) is 0 Å². The minimum atomic E-state index is 0.704. The highest BCUT2D eigenvalue weighted by Gasteiger charge is 2.03. The maximum Gasteiger partial charge on any atom is 0.150 e. The van der Waals surface area contributed by atoms with E-state index < -0.39 is 0 Å². The van der Waals surface area contributed by atoms with Gasteiger partial charge in [-0.05, 0) is 23.3 Å². The van der Waals surface area contributed by atoms with Gasteiger partial charge in [-0.1, -0.05) is 36.4 Å². The molecule has 2 heteroatoms. The fourth-order valence-corrected chi connectivity index (χ4v) is 2.08. The predicted octanol–water partition coefficient (Wildman–Crippen LogP) is 3.65. The van der Waals surface area contributed by atoms with Crippen molar-refractivity contribution in [2.75, 3.05) is 0 Å². The number of aromatic amines is 1. The molecule has 3 aromatic rings. The van der Waals surface area contributed by atoms with E-state index in [1.807, 2.05) is 36.5 Å². The third-order valence-electron chi connectivity index (χ3n) is 2.95. The van der Waals surface area contributed by atoms with Gasteiger partial charge in [0, 0.05) is 22.7 Å². The lowest BCUT2D eigenvalue weighted by atomic mass is 10.0. The van der Waals surface area contributed by atoms with Gasteiger partial charge < -0.3 is 4.98 Å². The Kier molecular flexibility index (Phi) is 2.26. The van der Waals surface area contributed by atoms with Crippen LogP contribution in [0.2, 0.25) is 0 Å². The first-order valence-electron chi connectivity index (χ1n) is 5.50. The number of aromatic nitrogens is 1. The number of benzene rings is 2. The Bertz CT molecular complexity index is 665. The molecule has 3 rings (SSSR count). The van der Waals surface area contributed by atoms with E-state index in [4.69, 9.17) is 0 Å². The van der Waals surface area contributed by atoms with Gasteiger partial charge in [-0.2, -0.15) is 0 Å². The summed E-state index contributed by atoms with van der Waals surface area (Å²) in [4.78, 5) is 13.8. The van der Waals surface area contributed by atoms with Crippen LogP contribution < -0.4 is 0 Å². The zero-order valence-electron chi connectivity index (χ0n) is 9.18. The Morgan fingerprint density at radius 3 is 2.53 bits per heavy atom. The molecular weight excluding hydrogens is 210 g/mol. The summed E-state index contributed by atoms with van der Waals surface area (Å²) in [5.41, 5.74) is 4.14. The molecular formula is C15H11NO. The van der Waals surface area contributed by atoms with E-state index in [0.717, 1.165) is 17.4 Å². The standard InChI is InChI=1S/C15H11NO/c17-10-11-4-6-12(7-5-11)13-2-1-3-15-14(13)8-9-16-15/h1-10,16H. The molecule has 0 saturated heterocycles. The van der Waals surface area contributed by atoms with Gasteiger partial charge in [-0.15, -0.1) is 0 Å². The monoisotopic (exact) mass is 221 g/mol. The third kappa shape index (κ3) is 1.64. The molecule has 0 saturated carbocycles. The molecule has 0 unspecified atom stereocenters. The lowest BCUT2D eigenvalue weighted by Gasteiger charge is -2.03. The highest BCUT2D eigenvalue weighted by atomic mass is 16.1. The fourth-order valence-electron chi connectivity index (χ4n) is 2.08. The van der Waals surface area contributed by atoms with Gasteiger partial charge in [0.2, 0.25) is 0 Å². The second-order valence-electron chi connectivity index (χ2n) is 3.98. The zero-order valence-corrected chi connectivity index (χ0v) is 9.18. The Morgan fingerprint density at radius 1 is 0.941 bits per heavy atom. The number of carbonyl (C=O) groups is 1. The summed E-state index contributed by atoms with van der Waals surface area (Å²) < 4.78 is 0. The molecule has 82 valence electrons. The van der Waals surface area contributed by atoms with Crippen LogP contribution in [0.15, 0.2) is 54.7 Å². The summed E-state index contributed by atoms with van der Waals surface area (Å²) in [6.45, 7) is 0. The van der Waals surface area contributed by atoms with Gasteiger partial charge in [-0.3, -0.25) is 4.79 Å². The summed E-state index contributed by atoms with van der Waals surface area (Å²) in [6.07, 6.45) is 2.80. The number of aldehydes is 1. The summed E-state index contributed by atoms with van der Waals surface area (Å²) in [5, 5.41) is 1.20. The van der Waals surface area contributed by atoms with Crippen LogP contribution in [0.5, 0.6) is 0 Å². The summed E-state index contributed by atoms with van der Waals surface area (Å²) in [7, 11) is 0. The molecule has 0 aliphatic carbocycles. The summed E-state index contributed by atoms with van der Waals surface area (Å²) in [6, 6.07) is 15.9. The number of H-pyrrole nitrogens is 1. The molecule has 0 atom stereocenters. The van der Waals surface area contributed by atoms with Gasteiger partial charge in [0.05, 0.1) is 0 Å². The number of hydrogen-bond acceptors (Lipinski definition) is 1. The van der Waals surface area contributed by atoms with Crippen LogP contribution >= 0.6 is 0 Å². The maximum atomic E-state index is 10.6. The Labute approximate surface area is 98.9 Å². The zero-order chi connectivity index (χ0) is 11.7. The Balaban J connectivity index is 2.19. The van der Waals surface area contributed by atoms with Crippen molar-refractivity contribution in [1.29, 1.82) is 0 Å². The molecule has 1 N–H and O–H groups in total. The van der Waals surface area contributed by atoms with Crippen molar-refractivity contribution < 1.29 is 4.79 Å². The van der Waals surface area contributed by atoms with Crippen molar-refractivity contribution in [1.82, 2.24) is 4.98 Å². The van der Waals surface area contributed by atoms with Gasteiger partial charge >= 0.3 is 0 Å². The highest BCUT2D eigenvalue weighted by molar-refractivity contribution is 5.95. The Hall–Kier alpha value is -2.35. The van der Waals surface area contributed by atoms with Crippen molar-refractivity contribution >= 4 is 17.2 Å². The van der Waals surface area contributed by atoms with Crippen LogP contribution in [0.25, 0.3) is 22.0 Å². The topological polar surface area (TPSA) is 32.9 Å². The van der Waals surface area contributed by atoms with Gasteiger partial charge in [0.15, 0.2) is 0 Å². The normalized spacial score (nSPS) is 10.6. The molecule has 1 aromatic heterocycles. The van der Waals surface area contributed by atoms with Crippen LogP contribution in [0.4, 0.5) is 0 Å². The number of hydrogen-bond donors (Lipinski definition) is 1. The lowest BCUT2D eigenvalue weighted by Crippen LogP contribution is -1.82. The third-order valence-corrected chi connectivity index (χ3v) is 2.95. The van der Waals surface area contributed by atoms with E-state index in [1.165, 1.54) is 10.9 Å². The highest BCUT2D eigenvalue weighted by Crippen LogP contribution is 2.27. The molecule has 0 amide bonds. The molecule has 0 radical (unpaired) electrons. The van der Waals surface area contributed by atoms with Crippen molar-refractivity contribution in [3.63, 3.8) is 0 Å². The smallest absolute Gasteiger partial charge is 0.150 e. The molecule has 0 aliphatic heterocycles. The van der Waals surface area contributed by atoms with Crippen LogP contribution in [0.1, 0.15) is 10.4 Å². The first-order valence-corrected chi connectivity index (χ1v) is 5.50. The summed E-state index contributed by atoms with van der Waals surface area (Å²) in [5.74, 6) is 0. The van der Waals surface area contributed by atoms with Gasteiger partial charge in [-0.25, -0.2) is 0 Å². The summed E-state index contributed by atoms with van der Waals surface area (Å²) >= 11 is 0. The molecule has 2 aromatic carbocycles. The van der Waals surface area contributed by atoms with E-state index in [2.05, 4.69) is 23.2 Å². The van der Waals surface area contributed by atoms with E-state index >= 15 is 0 Å². The first kappa shape index (κ1) is 9.85. The van der Waals surface area contributed by atoms with E-state index in [1.54, 1.807) is 0 Å². The van der Waals surface area contributed by atoms with Crippen molar-refractivity contribution in [3.8, 4) is 11.1 Å². The van der Waals surface area contributed by atoms with Crippen LogP contribution in [0.3, 0.4) is 0 Å². The molecule has 0 fully saturated rings. The molecule has 0 spiro atoms. The maximum absolute atomic E-state index is 10.6. The first-order chi connectivity index (χ1) is 8.38. The van der Waals surface area contributed by atoms with E-state index in [0.29, 0.717) is 5.56 Å².